The van der Waals surface area contributed by atoms with E-state index < -0.39 is 0 Å². The number of hydrogen-bond donors (Lipinski definition) is 2. The smallest absolute Gasteiger partial charge is 0.223 e. The number of H-pyrrole nitrogens is 1. The second-order valence-corrected chi connectivity index (χ2v) is 7.10. The second-order valence-electron chi connectivity index (χ2n) is 7.10. The second kappa shape index (κ2) is 7.68. The topological polar surface area (TPSA) is 70.7 Å². The van der Waals surface area contributed by atoms with Crippen molar-refractivity contribution in [1.82, 2.24) is 20.5 Å². The number of rotatable bonds is 5. The van der Waals surface area contributed by atoms with Gasteiger partial charge in [0.15, 0.2) is 5.65 Å². The summed E-state index contributed by atoms with van der Waals surface area (Å²) >= 11 is 0. The molecular formula is C21H24N4O. The quantitative estimate of drug-likeness (QED) is 0.734. The molecule has 4 rings (SSSR count). The first-order valence-electron chi connectivity index (χ1n) is 9.44. The fraction of sp³-hybridized carbons (Fsp3) is 0.381. The minimum atomic E-state index is -0.138. The average Bonchev–Trinajstić information content (AvgIpc) is 3.13. The Hall–Kier alpha value is -2.69. The number of aromatic nitrogens is 3. The summed E-state index contributed by atoms with van der Waals surface area (Å²) in [5, 5.41) is 11.7. The molecule has 5 nitrogen and oxygen atoms in total. The lowest BCUT2D eigenvalue weighted by molar-refractivity contribution is -0.126. The van der Waals surface area contributed by atoms with E-state index in [1.165, 1.54) is 12.0 Å². The Kier molecular flexibility index (Phi) is 4.95. The Morgan fingerprint density at radius 2 is 1.92 bits per heavy atom. The molecule has 2 N–H and O–H groups in total. The summed E-state index contributed by atoms with van der Waals surface area (Å²) in [6.07, 6.45) is 8.00. The van der Waals surface area contributed by atoms with E-state index in [0.717, 1.165) is 43.2 Å². The third-order valence-corrected chi connectivity index (χ3v) is 5.28. The van der Waals surface area contributed by atoms with Gasteiger partial charge >= 0.3 is 0 Å². The highest BCUT2D eigenvalue weighted by Gasteiger charge is 2.26. The molecule has 1 amide bonds. The Morgan fingerprint density at radius 1 is 1.12 bits per heavy atom. The third-order valence-electron chi connectivity index (χ3n) is 5.28. The minimum absolute atomic E-state index is 0.134. The molecule has 0 spiro atoms. The number of amides is 1. The number of carbonyl (C=O) groups excluding carboxylic acids is 1. The van der Waals surface area contributed by atoms with Crippen LogP contribution in [0.3, 0.4) is 0 Å². The number of hydrogen-bond acceptors (Lipinski definition) is 3. The van der Waals surface area contributed by atoms with Crippen LogP contribution < -0.4 is 5.32 Å². The lowest BCUT2D eigenvalue weighted by Gasteiger charge is -2.25. The number of benzene rings is 1. The van der Waals surface area contributed by atoms with Crippen molar-refractivity contribution < 1.29 is 4.79 Å². The number of nitrogens with one attached hydrogen (secondary N) is 2. The molecule has 1 saturated carbocycles. The van der Waals surface area contributed by atoms with Crippen LogP contribution in [0.5, 0.6) is 0 Å². The van der Waals surface area contributed by atoms with Crippen molar-refractivity contribution in [2.75, 3.05) is 0 Å². The summed E-state index contributed by atoms with van der Waals surface area (Å²) in [5.74, 6) is 0.298. The summed E-state index contributed by atoms with van der Waals surface area (Å²) in [6.45, 7) is 0. The standard InChI is InChI=1S/C21H24N4O/c26-21(16-10-5-2-6-11-16)23-18(14-15-8-3-1-4-9-15)19-17-12-7-13-22-20(17)25-24-19/h1,3-4,7-9,12-13,16,18H,2,5-6,10-11,14H2,(H,23,26)(H,22,24,25)/t18-/m1/s1. The summed E-state index contributed by atoms with van der Waals surface area (Å²) in [5.41, 5.74) is 2.81. The van der Waals surface area contributed by atoms with Gasteiger partial charge in [-0.3, -0.25) is 9.89 Å². The molecule has 1 atom stereocenters. The molecule has 3 aromatic rings. The maximum atomic E-state index is 12.9. The van der Waals surface area contributed by atoms with Crippen LogP contribution in [-0.2, 0) is 11.2 Å². The van der Waals surface area contributed by atoms with Crippen molar-refractivity contribution in [3.05, 3.63) is 59.9 Å². The van der Waals surface area contributed by atoms with Crippen LogP contribution in [0.15, 0.2) is 48.7 Å². The van der Waals surface area contributed by atoms with E-state index >= 15 is 0 Å². The predicted octanol–water partition coefficient (Wildman–Crippen LogP) is 3.94. The van der Waals surface area contributed by atoms with E-state index in [-0.39, 0.29) is 17.9 Å². The molecule has 2 heterocycles. The molecule has 0 radical (unpaired) electrons. The zero-order valence-corrected chi connectivity index (χ0v) is 14.8. The Bertz CT molecular complexity index is 868. The number of carbonyl (C=O) groups is 1. The van der Waals surface area contributed by atoms with E-state index in [0.29, 0.717) is 5.65 Å². The Labute approximate surface area is 153 Å². The molecule has 0 aliphatic heterocycles. The largest absolute Gasteiger partial charge is 0.347 e. The number of nitrogens with zero attached hydrogens (tertiary/aromatic N) is 2. The maximum absolute atomic E-state index is 12.9. The SMILES string of the molecule is O=C(N[C@H](Cc1ccccc1)c1[nH]nc2ncccc12)C1CCCCC1. The monoisotopic (exact) mass is 348 g/mol. The van der Waals surface area contributed by atoms with E-state index in [1.807, 2.05) is 30.3 Å². The summed E-state index contributed by atoms with van der Waals surface area (Å²) in [4.78, 5) is 17.2. The van der Waals surface area contributed by atoms with Gasteiger partial charge in [-0.15, -0.1) is 0 Å². The van der Waals surface area contributed by atoms with Gasteiger partial charge in [0.25, 0.3) is 0 Å². The van der Waals surface area contributed by atoms with Gasteiger partial charge in [0.1, 0.15) is 0 Å². The van der Waals surface area contributed by atoms with Crippen LogP contribution in [0.2, 0.25) is 0 Å². The van der Waals surface area contributed by atoms with Crippen LogP contribution in [0.4, 0.5) is 0 Å². The van der Waals surface area contributed by atoms with Gasteiger partial charge in [-0.25, -0.2) is 4.98 Å². The molecule has 1 aromatic carbocycles. The lowest BCUT2D eigenvalue weighted by atomic mass is 9.88. The molecule has 0 unspecified atom stereocenters. The van der Waals surface area contributed by atoms with Gasteiger partial charge in [-0.05, 0) is 37.0 Å². The molecule has 1 fully saturated rings. The molecule has 134 valence electrons. The summed E-state index contributed by atoms with van der Waals surface area (Å²) in [6, 6.07) is 14.0. The fourth-order valence-electron chi connectivity index (χ4n) is 3.86. The van der Waals surface area contributed by atoms with Crippen LogP contribution in [0.1, 0.15) is 49.4 Å². The van der Waals surface area contributed by atoms with E-state index in [9.17, 15) is 4.79 Å². The van der Waals surface area contributed by atoms with Crippen molar-refractivity contribution in [1.29, 1.82) is 0 Å². The molecule has 5 heteroatoms. The van der Waals surface area contributed by atoms with E-state index in [4.69, 9.17) is 0 Å². The number of aromatic amines is 1. The first-order chi connectivity index (χ1) is 12.8. The highest BCUT2D eigenvalue weighted by atomic mass is 16.1. The van der Waals surface area contributed by atoms with Gasteiger partial charge in [0.2, 0.25) is 5.91 Å². The highest BCUT2D eigenvalue weighted by molar-refractivity contribution is 5.82. The van der Waals surface area contributed by atoms with Gasteiger partial charge in [0, 0.05) is 17.5 Å². The molecule has 26 heavy (non-hydrogen) atoms. The zero-order chi connectivity index (χ0) is 17.8. The van der Waals surface area contributed by atoms with Crippen LogP contribution >= 0.6 is 0 Å². The average molecular weight is 348 g/mol. The fourth-order valence-corrected chi connectivity index (χ4v) is 3.86. The third kappa shape index (κ3) is 3.62. The van der Waals surface area contributed by atoms with E-state index in [1.54, 1.807) is 6.20 Å². The molecule has 1 aliphatic carbocycles. The molecule has 0 bridgehead atoms. The number of fused-ring (bicyclic) bond motifs is 1. The highest BCUT2D eigenvalue weighted by Crippen LogP contribution is 2.27. The molecule has 2 aromatic heterocycles. The van der Waals surface area contributed by atoms with Crippen molar-refractivity contribution >= 4 is 16.9 Å². The van der Waals surface area contributed by atoms with Crippen LogP contribution in [0, 0.1) is 5.92 Å². The first-order valence-corrected chi connectivity index (χ1v) is 9.44. The van der Waals surface area contributed by atoms with Gasteiger partial charge in [-0.2, -0.15) is 5.10 Å². The van der Waals surface area contributed by atoms with Gasteiger partial charge in [0.05, 0.1) is 11.7 Å². The number of pyridine rings is 1. The maximum Gasteiger partial charge on any atom is 0.223 e. The van der Waals surface area contributed by atoms with Crippen molar-refractivity contribution in [3.8, 4) is 0 Å². The van der Waals surface area contributed by atoms with Gasteiger partial charge in [-0.1, -0.05) is 49.6 Å². The normalized spacial score (nSPS) is 16.5. The Balaban J connectivity index is 1.61. The van der Waals surface area contributed by atoms with Crippen LogP contribution in [0.25, 0.3) is 11.0 Å². The predicted molar refractivity (Wildman–Crippen MR) is 101 cm³/mol. The van der Waals surface area contributed by atoms with Crippen molar-refractivity contribution in [3.63, 3.8) is 0 Å². The van der Waals surface area contributed by atoms with Crippen molar-refractivity contribution in [2.45, 2.75) is 44.6 Å². The molecule has 1 aliphatic rings. The molecule has 0 saturated heterocycles. The van der Waals surface area contributed by atoms with Crippen LogP contribution in [-0.4, -0.2) is 21.1 Å². The van der Waals surface area contributed by atoms with Gasteiger partial charge < -0.3 is 5.32 Å². The lowest BCUT2D eigenvalue weighted by Crippen LogP contribution is -2.36. The summed E-state index contributed by atoms with van der Waals surface area (Å²) < 4.78 is 0. The minimum Gasteiger partial charge on any atom is -0.347 e. The Morgan fingerprint density at radius 3 is 2.73 bits per heavy atom. The first kappa shape index (κ1) is 16.8. The molecular weight excluding hydrogens is 324 g/mol. The van der Waals surface area contributed by atoms with E-state index in [2.05, 4.69) is 32.6 Å². The zero-order valence-electron chi connectivity index (χ0n) is 14.8. The summed E-state index contributed by atoms with van der Waals surface area (Å²) in [7, 11) is 0. The van der Waals surface area contributed by atoms with Crippen molar-refractivity contribution in [2.24, 2.45) is 5.92 Å².